The third-order valence-corrected chi connectivity index (χ3v) is 6.20. The largest absolute Gasteiger partial charge is 0.353 e. The predicted octanol–water partition coefficient (Wildman–Crippen LogP) is 4.04. The lowest BCUT2D eigenvalue weighted by Gasteiger charge is -2.34. The van der Waals surface area contributed by atoms with Crippen LogP contribution in [0.5, 0.6) is 0 Å². The van der Waals surface area contributed by atoms with Crippen LogP contribution in [-0.4, -0.2) is 27.6 Å². The second kappa shape index (κ2) is 7.16. The van der Waals surface area contributed by atoms with E-state index >= 15 is 0 Å². The highest BCUT2D eigenvalue weighted by Gasteiger charge is 2.26. The lowest BCUT2D eigenvalue weighted by molar-refractivity contribution is 0.396. The van der Waals surface area contributed by atoms with E-state index in [4.69, 9.17) is 16.9 Å². The number of pyridine rings is 1. The molecule has 0 N–H and O–H groups in total. The average Bonchev–Trinajstić information content (AvgIpc) is 3.59. The molecule has 29 heavy (non-hydrogen) atoms. The minimum atomic E-state index is 0.0555. The van der Waals surface area contributed by atoms with Crippen LogP contribution >= 0.6 is 11.6 Å². The van der Waals surface area contributed by atoms with Gasteiger partial charge >= 0.3 is 0 Å². The van der Waals surface area contributed by atoms with Crippen LogP contribution in [0.1, 0.15) is 48.9 Å². The molecule has 2 aliphatic rings. The van der Waals surface area contributed by atoms with Crippen molar-refractivity contribution < 1.29 is 0 Å². The summed E-state index contributed by atoms with van der Waals surface area (Å²) >= 11 is 6.05. The van der Waals surface area contributed by atoms with Gasteiger partial charge in [-0.05, 0) is 54.7 Å². The number of anilines is 1. The molecule has 1 saturated heterocycles. The van der Waals surface area contributed by atoms with Gasteiger partial charge in [-0.2, -0.15) is 5.26 Å². The van der Waals surface area contributed by atoms with Crippen molar-refractivity contribution in [2.75, 3.05) is 18.0 Å². The molecule has 0 bridgehead atoms. The van der Waals surface area contributed by atoms with E-state index in [1.165, 1.54) is 18.4 Å². The molecule has 0 unspecified atom stereocenters. The quantitative estimate of drug-likeness (QED) is 0.657. The van der Waals surface area contributed by atoms with Gasteiger partial charge in [0.25, 0.3) is 5.56 Å². The molecule has 2 fully saturated rings. The first-order valence-electron chi connectivity index (χ1n) is 9.96. The Morgan fingerprint density at radius 3 is 2.83 bits per heavy atom. The molecule has 6 nitrogen and oxygen atoms in total. The second-order valence-electron chi connectivity index (χ2n) is 7.87. The summed E-state index contributed by atoms with van der Waals surface area (Å²) in [4.78, 5) is 23.7. The number of hydrogen-bond donors (Lipinski definition) is 0. The first-order chi connectivity index (χ1) is 14.1. The molecule has 0 spiro atoms. The Balaban J connectivity index is 1.44. The van der Waals surface area contributed by atoms with Gasteiger partial charge in [0.2, 0.25) is 0 Å². The van der Waals surface area contributed by atoms with E-state index in [0.29, 0.717) is 18.3 Å². The van der Waals surface area contributed by atoms with E-state index in [2.05, 4.69) is 33.1 Å². The third kappa shape index (κ3) is 3.36. The molecule has 2 aromatic heterocycles. The van der Waals surface area contributed by atoms with Gasteiger partial charge in [-0.15, -0.1) is 0 Å². The number of piperidine rings is 1. The molecule has 7 heteroatoms. The molecule has 0 amide bonds. The highest BCUT2D eigenvalue weighted by Crippen LogP contribution is 2.40. The van der Waals surface area contributed by atoms with Crippen LogP contribution in [0, 0.1) is 11.3 Å². The topological polar surface area (TPSA) is 74.8 Å². The zero-order valence-electron chi connectivity index (χ0n) is 15.9. The summed E-state index contributed by atoms with van der Waals surface area (Å²) in [5.74, 6) is 1.32. The summed E-state index contributed by atoms with van der Waals surface area (Å²) in [5, 5.41) is 10.9. The Hall–Kier alpha value is -2.91. The van der Waals surface area contributed by atoms with Gasteiger partial charge in [-0.3, -0.25) is 4.79 Å². The normalized spacial score (nSPS) is 19.3. The van der Waals surface area contributed by atoms with Crippen molar-refractivity contribution in [1.29, 1.82) is 5.26 Å². The number of hydrogen-bond acceptors (Lipinski definition) is 5. The molecule has 5 rings (SSSR count). The number of nitriles is 1. The zero-order valence-corrected chi connectivity index (χ0v) is 16.6. The number of rotatable bonds is 3. The van der Waals surface area contributed by atoms with Gasteiger partial charge in [0.1, 0.15) is 11.9 Å². The molecule has 0 radical (unpaired) electrons. The highest BCUT2D eigenvalue weighted by molar-refractivity contribution is 6.30. The van der Waals surface area contributed by atoms with E-state index in [1.54, 1.807) is 6.20 Å². The molecule has 1 saturated carbocycles. The Morgan fingerprint density at radius 1 is 1.21 bits per heavy atom. The number of nitrogens with zero attached hydrogens (tertiary/aromatic N) is 5. The number of fused-ring (bicyclic) bond motifs is 1. The maximum absolute atomic E-state index is 13.2. The first-order valence-corrected chi connectivity index (χ1v) is 10.3. The Bertz CT molecular complexity index is 1190. The zero-order chi connectivity index (χ0) is 20.0. The van der Waals surface area contributed by atoms with Crippen molar-refractivity contribution in [3.8, 4) is 6.07 Å². The van der Waals surface area contributed by atoms with Crippen LogP contribution in [0.2, 0.25) is 5.15 Å². The smallest absolute Gasteiger partial charge is 0.258 e. The molecule has 1 aliphatic carbocycles. The maximum Gasteiger partial charge on any atom is 0.258 e. The van der Waals surface area contributed by atoms with Crippen molar-refractivity contribution >= 4 is 28.2 Å². The standard InChI is InChI=1S/C22H20ClN5O/c23-21-19(11-24)25-12-20(26-21)27-8-1-2-17(13-27)28-9-7-16-10-15(14-3-4-14)5-6-18(16)22(28)29/h5-7,9-10,12,14,17H,1-4,8,13H2/t17-/m0/s1. The van der Waals surface area contributed by atoms with Crippen LogP contribution < -0.4 is 10.5 Å². The fourth-order valence-electron chi connectivity index (χ4n) is 4.21. The van der Waals surface area contributed by atoms with Crippen LogP contribution in [-0.2, 0) is 0 Å². The first kappa shape index (κ1) is 18.1. The average molecular weight is 406 g/mol. The number of aromatic nitrogens is 3. The van der Waals surface area contributed by atoms with E-state index < -0.39 is 0 Å². The van der Waals surface area contributed by atoms with Crippen molar-refractivity contribution in [1.82, 2.24) is 14.5 Å². The fraction of sp³-hybridized carbons (Fsp3) is 0.364. The maximum atomic E-state index is 13.2. The molecule has 1 aliphatic heterocycles. The summed E-state index contributed by atoms with van der Waals surface area (Å²) in [6.45, 7) is 1.48. The molecule has 1 aromatic carbocycles. The van der Waals surface area contributed by atoms with Gasteiger partial charge in [0.15, 0.2) is 10.8 Å². The van der Waals surface area contributed by atoms with Gasteiger partial charge in [-0.1, -0.05) is 23.7 Å². The minimum Gasteiger partial charge on any atom is -0.353 e. The molecular formula is C22H20ClN5O. The third-order valence-electron chi connectivity index (χ3n) is 5.94. The monoisotopic (exact) mass is 405 g/mol. The van der Waals surface area contributed by atoms with Gasteiger partial charge < -0.3 is 9.47 Å². The van der Waals surface area contributed by atoms with Crippen molar-refractivity contribution in [3.05, 3.63) is 63.4 Å². The van der Waals surface area contributed by atoms with Crippen LogP contribution in [0.15, 0.2) is 41.5 Å². The molecule has 3 aromatic rings. The summed E-state index contributed by atoms with van der Waals surface area (Å²) in [6.07, 6.45) is 7.88. The van der Waals surface area contributed by atoms with Crippen molar-refractivity contribution in [3.63, 3.8) is 0 Å². The fourth-order valence-corrected chi connectivity index (χ4v) is 4.39. The Kier molecular flexibility index (Phi) is 4.48. The lowest BCUT2D eigenvalue weighted by Crippen LogP contribution is -2.40. The van der Waals surface area contributed by atoms with E-state index in [-0.39, 0.29) is 22.4 Å². The predicted molar refractivity (Wildman–Crippen MR) is 112 cm³/mol. The SMILES string of the molecule is N#Cc1ncc(N2CCC[C@H](n3ccc4cc(C5CC5)ccc4c3=O)C2)nc1Cl. The Labute approximate surface area is 173 Å². The summed E-state index contributed by atoms with van der Waals surface area (Å²) in [7, 11) is 0. The van der Waals surface area contributed by atoms with E-state index in [0.717, 1.165) is 30.2 Å². The van der Waals surface area contributed by atoms with E-state index in [9.17, 15) is 4.79 Å². The summed E-state index contributed by atoms with van der Waals surface area (Å²) < 4.78 is 1.85. The summed E-state index contributed by atoms with van der Waals surface area (Å²) in [6, 6.07) is 10.3. The number of halogens is 1. The van der Waals surface area contributed by atoms with Gasteiger partial charge in [0, 0.05) is 24.7 Å². The van der Waals surface area contributed by atoms with Crippen LogP contribution in [0.4, 0.5) is 5.82 Å². The lowest BCUT2D eigenvalue weighted by atomic mass is 10.0. The van der Waals surface area contributed by atoms with Crippen LogP contribution in [0.25, 0.3) is 10.8 Å². The molecule has 1 atom stereocenters. The minimum absolute atomic E-state index is 0.0555. The van der Waals surface area contributed by atoms with Gasteiger partial charge in [0.05, 0.1) is 12.2 Å². The second-order valence-corrected chi connectivity index (χ2v) is 8.23. The Morgan fingerprint density at radius 2 is 2.07 bits per heavy atom. The molecule has 146 valence electrons. The van der Waals surface area contributed by atoms with Crippen molar-refractivity contribution in [2.24, 2.45) is 0 Å². The molecular weight excluding hydrogens is 386 g/mol. The van der Waals surface area contributed by atoms with Crippen molar-refractivity contribution in [2.45, 2.75) is 37.6 Å². The van der Waals surface area contributed by atoms with E-state index in [1.807, 2.05) is 22.9 Å². The highest BCUT2D eigenvalue weighted by atomic mass is 35.5. The number of benzene rings is 1. The van der Waals surface area contributed by atoms with Crippen LogP contribution in [0.3, 0.4) is 0 Å². The van der Waals surface area contributed by atoms with Gasteiger partial charge in [-0.25, -0.2) is 9.97 Å². The molecule has 3 heterocycles. The summed E-state index contributed by atoms with van der Waals surface area (Å²) in [5.41, 5.74) is 1.52.